The monoisotopic (exact) mass is 287 g/mol. The third-order valence-corrected chi connectivity index (χ3v) is 3.57. The fourth-order valence-electron chi connectivity index (χ4n) is 2.45. The first-order valence-corrected chi connectivity index (χ1v) is 6.90. The highest BCUT2D eigenvalue weighted by Gasteiger charge is 2.33. The first kappa shape index (κ1) is 12.9. The van der Waals surface area contributed by atoms with Gasteiger partial charge in [0.2, 0.25) is 5.91 Å². The lowest BCUT2D eigenvalue weighted by Crippen LogP contribution is -2.45. The second kappa shape index (κ2) is 5.13. The standard InChI is InChI=1S/C15H14ClN3O/c1-2-12-15(20)17-11-8-9-13(16)18-14(11)19(12)10-6-4-3-5-7-10/h3-9,12H,2H2,1H3,(H,17,20). The minimum Gasteiger partial charge on any atom is -0.321 e. The van der Waals surface area contributed by atoms with Crippen LogP contribution in [0.15, 0.2) is 42.5 Å². The van der Waals surface area contributed by atoms with E-state index in [0.717, 1.165) is 5.69 Å². The second-order valence-corrected chi connectivity index (χ2v) is 5.01. The summed E-state index contributed by atoms with van der Waals surface area (Å²) in [6, 6.07) is 12.9. The second-order valence-electron chi connectivity index (χ2n) is 4.62. The summed E-state index contributed by atoms with van der Waals surface area (Å²) in [5.41, 5.74) is 1.62. The number of benzene rings is 1. The Bertz CT molecular complexity index is 645. The van der Waals surface area contributed by atoms with Crippen LogP contribution < -0.4 is 10.2 Å². The molecule has 2 aromatic rings. The van der Waals surface area contributed by atoms with Gasteiger partial charge in [-0.25, -0.2) is 4.98 Å². The molecule has 1 aromatic heterocycles. The van der Waals surface area contributed by atoms with Crippen LogP contribution in [0.5, 0.6) is 0 Å². The van der Waals surface area contributed by atoms with E-state index in [0.29, 0.717) is 23.1 Å². The van der Waals surface area contributed by atoms with Crippen LogP contribution in [0.4, 0.5) is 17.2 Å². The zero-order valence-corrected chi connectivity index (χ0v) is 11.8. The molecule has 3 rings (SSSR count). The van der Waals surface area contributed by atoms with Crippen molar-refractivity contribution in [2.24, 2.45) is 0 Å². The minimum atomic E-state index is -0.282. The normalized spacial score (nSPS) is 17.6. The van der Waals surface area contributed by atoms with Gasteiger partial charge in [0, 0.05) is 5.69 Å². The number of rotatable bonds is 2. The van der Waals surface area contributed by atoms with Gasteiger partial charge in [0.1, 0.15) is 11.2 Å². The molecular weight excluding hydrogens is 274 g/mol. The summed E-state index contributed by atoms with van der Waals surface area (Å²) in [7, 11) is 0. The van der Waals surface area contributed by atoms with Gasteiger partial charge in [-0.15, -0.1) is 0 Å². The molecule has 0 radical (unpaired) electrons. The predicted octanol–water partition coefficient (Wildman–Crippen LogP) is 3.60. The largest absolute Gasteiger partial charge is 0.321 e. The smallest absolute Gasteiger partial charge is 0.247 e. The van der Waals surface area contributed by atoms with Crippen molar-refractivity contribution >= 4 is 34.7 Å². The Morgan fingerprint density at radius 1 is 1.25 bits per heavy atom. The van der Waals surface area contributed by atoms with Crippen LogP contribution >= 0.6 is 11.6 Å². The number of nitrogens with one attached hydrogen (secondary N) is 1. The van der Waals surface area contributed by atoms with E-state index in [1.165, 1.54) is 0 Å². The van der Waals surface area contributed by atoms with Crippen LogP contribution in [0.25, 0.3) is 0 Å². The zero-order valence-electron chi connectivity index (χ0n) is 11.0. The van der Waals surface area contributed by atoms with E-state index in [-0.39, 0.29) is 11.9 Å². The molecule has 0 spiro atoms. The number of para-hydroxylation sites is 1. The van der Waals surface area contributed by atoms with Crippen LogP contribution in [0, 0.1) is 0 Å². The molecule has 5 heteroatoms. The van der Waals surface area contributed by atoms with Gasteiger partial charge >= 0.3 is 0 Å². The van der Waals surface area contributed by atoms with Crippen molar-refractivity contribution in [2.75, 3.05) is 10.2 Å². The summed E-state index contributed by atoms with van der Waals surface area (Å²) >= 11 is 6.01. The number of carbonyl (C=O) groups is 1. The maximum Gasteiger partial charge on any atom is 0.247 e. The van der Waals surface area contributed by atoms with E-state index in [9.17, 15) is 4.79 Å². The van der Waals surface area contributed by atoms with Gasteiger partial charge in [0.05, 0.1) is 5.69 Å². The van der Waals surface area contributed by atoms with Crippen molar-refractivity contribution in [3.8, 4) is 0 Å². The van der Waals surface area contributed by atoms with E-state index >= 15 is 0 Å². The highest BCUT2D eigenvalue weighted by atomic mass is 35.5. The Balaban J connectivity index is 2.18. The first-order valence-electron chi connectivity index (χ1n) is 6.52. The molecule has 1 amide bonds. The van der Waals surface area contributed by atoms with Gasteiger partial charge in [0.15, 0.2) is 5.82 Å². The van der Waals surface area contributed by atoms with Crippen LogP contribution in [0.1, 0.15) is 13.3 Å². The fourth-order valence-corrected chi connectivity index (χ4v) is 2.59. The SMILES string of the molecule is CCC1C(=O)Nc2ccc(Cl)nc2N1c1ccccc1. The number of hydrogen-bond donors (Lipinski definition) is 1. The number of pyridine rings is 1. The number of hydrogen-bond acceptors (Lipinski definition) is 3. The van der Waals surface area contributed by atoms with E-state index in [1.54, 1.807) is 12.1 Å². The molecule has 1 N–H and O–H groups in total. The number of fused-ring (bicyclic) bond motifs is 1. The maximum atomic E-state index is 12.2. The Kier molecular flexibility index (Phi) is 3.32. The number of amides is 1. The summed E-state index contributed by atoms with van der Waals surface area (Å²) < 4.78 is 0. The van der Waals surface area contributed by atoms with Gasteiger partial charge < -0.3 is 10.2 Å². The molecule has 0 saturated carbocycles. The summed E-state index contributed by atoms with van der Waals surface area (Å²) in [5.74, 6) is 0.670. The molecule has 102 valence electrons. The summed E-state index contributed by atoms with van der Waals surface area (Å²) in [4.78, 5) is 18.6. The summed E-state index contributed by atoms with van der Waals surface area (Å²) in [5, 5.41) is 3.30. The lowest BCUT2D eigenvalue weighted by atomic mass is 10.1. The molecule has 1 atom stereocenters. The van der Waals surface area contributed by atoms with E-state index in [4.69, 9.17) is 11.6 Å². The summed E-state index contributed by atoms with van der Waals surface area (Å²) in [6.45, 7) is 1.98. The molecule has 1 unspecified atom stereocenters. The Morgan fingerprint density at radius 3 is 2.70 bits per heavy atom. The van der Waals surface area contributed by atoms with Crippen LogP contribution in [-0.4, -0.2) is 16.9 Å². The van der Waals surface area contributed by atoms with Gasteiger partial charge in [-0.3, -0.25) is 4.79 Å². The van der Waals surface area contributed by atoms with E-state index in [1.807, 2.05) is 42.2 Å². The average molecular weight is 288 g/mol. The van der Waals surface area contributed by atoms with Crippen molar-refractivity contribution in [1.82, 2.24) is 4.98 Å². The molecular formula is C15H14ClN3O. The molecule has 0 saturated heterocycles. The maximum absolute atomic E-state index is 12.2. The summed E-state index contributed by atoms with van der Waals surface area (Å²) in [6.07, 6.45) is 0.689. The third-order valence-electron chi connectivity index (χ3n) is 3.36. The Labute approximate surface area is 122 Å². The van der Waals surface area contributed by atoms with Gasteiger partial charge in [-0.1, -0.05) is 36.7 Å². The van der Waals surface area contributed by atoms with Crippen LogP contribution in [-0.2, 0) is 4.79 Å². The highest BCUT2D eigenvalue weighted by Crippen LogP contribution is 2.37. The molecule has 0 bridgehead atoms. The number of carbonyl (C=O) groups excluding carboxylic acids is 1. The topological polar surface area (TPSA) is 45.2 Å². The molecule has 0 fully saturated rings. The molecule has 2 heterocycles. The molecule has 4 nitrogen and oxygen atoms in total. The highest BCUT2D eigenvalue weighted by molar-refractivity contribution is 6.29. The van der Waals surface area contributed by atoms with Crippen molar-refractivity contribution in [1.29, 1.82) is 0 Å². The average Bonchev–Trinajstić information content (AvgIpc) is 2.47. The van der Waals surface area contributed by atoms with Crippen LogP contribution in [0.3, 0.4) is 0 Å². The van der Waals surface area contributed by atoms with E-state index < -0.39 is 0 Å². The molecule has 1 aliphatic rings. The van der Waals surface area contributed by atoms with Gasteiger partial charge in [-0.05, 0) is 30.7 Å². The lowest BCUT2D eigenvalue weighted by Gasteiger charge is -2.36. The van der Waals surface area contributed by atoms with Crippen molar-refractivity contribution in [3.05, 3.63) is 47.6 Å². The molecule has 1 aromatic carbocycles. The fraction of sp³-hybridized carbons (Fsp3) is 0.200. The Morgan fingerprint density at radius 2 is 2.00 bits per heavy atom. The van der Waals surface area contributed by atoms with Crippen molar-refractivity contribution < 1.29 is 4.79 Å². The number of nitrogens with zero attached hydrogens (tertiary/aromatic N) is 2. The van der Waals surface area contributed by atoms with Gasteiger partial charge in [0.25, 0.3) is 0 Å². The first-order chi connectivity index (χ1) is 9.70. The number of anilines is 3. The van der Waals surface area contributed by atoms with Crippen molar-refractivity contribution in [2.45, 2.75) is 19.4 Å². The third kappa shape index (κ3) is 2.12. The number of halogens is 1. The quantitative estimate of drug-likeness (QED) is 0.858. The van der Waals surface area contributed by atoms with Gasteiger partial charge in [-0.2, -0.15) is 0 Å². The molecule has 20 heavy (non-hydrogen) atoms. The molecule has 0 aliphatic carbocycles. The Hall–Kier alpha value is -2.07. The van der Waals surface area contributed by atoms with Crippen molar-refractivity contribution in [3.63, 3.8) is 0 Å². The predicted molar refractivity (Wildman–Crippen MR) is 80.5 cm³/mol. The minimum absolute atomic E-state index is 0.0204. The zero-order chi connectivity index (χ0) is 14.1. The molecule has 1 aliphatic heterocycles. The number of aromatic nitrogens is 1. The van der Waals surface area contributed by atoms with E-state index in [2.05, 4.69) is 10.3 Å². The van der Waals surface area contributed by atoms with Crippen LogP contribution in [0.2, 0.25) is 5.15 Å². The lowest BCUT2D eigenvalue weighted by molar-refractivity contribution is -0.117.